The van der Waals surface area contributed by atoms with Crippen molar-refractivity contribution in [1.82, 2.24) is 15.5 Å². The molecule has 33 heavy (non-hydrogen) atoms. The van der Waals surface area contributed by atoms with Crippen molar-refractivity contribution in [2.75, 3.05) is 6.54 Å². The summed E-state index contributed by atoms with van der Waals surface area (Å²) in [7, 11) is 0. The summed E-state index contributed by atoms with van der Waals surface area (Å²) in [6, 6.07) is -4.96. The molecule has 0 aromatic carbocycles. The first kappa shape index (κ1) is 27.8. The normalized spacial score (nSPS) is 19.1. The smallest absolute Gasteiger partial charge is 0.326 e. The number of hydrogen-bond donors (Lipinski definition) is 6. The lowest BCUT2D eigenvalue weighted by molar-refractivity contribution is -0.148. The molecule has 3 amide bonds. The zero-order valence-electron chi connectivity index (χ0n) is 18.7. The number of carboxylic acid groups (broad SMARTS) is 3. The van der Waals surface area contributed by atoms with Crippen LogP contribution in [0.5, 0.6) is 0 Å². The Morgan fingerprint density at radius 1 is 1.06 bits per heavy atom. The number of nitrogens with zero attached hydrogens (tertiary/aromatic N) is 1. The van der Waals surface area contributed by atoms with Gasteiger partial charge in [-0.05, 0) is 25.2 Å². The van der Waals surface area contributed by atoms with Gasteiger partial charge >= 0.3 is 17.9 Å². The van der Waals surface area contributed by atoms with E-state index in [1.54, 1.807) is 13.8 Å². The molecule has 0 bridgehead atoms. The number of nitrogens with two attached hydrogens (primary N) is 1. The van der Waals surface area contributed by atoms with E-state index in [0.717, 1.165) is 4.90 Å². The van der Waals surface area contributed by atoms with Gasteiger partial charge in [-0.1, -0.05) is 20.3 Å². The van der Waals surface area contributed by atoms with Crippen LogP contribution in [0.25, 0.3) is 0 Å². The van der Waals surface area contributed by atoms with Crippen molar-refractivity contribution in [3.63, 3.8) is 0 Å². The van der Waals surface area contributed by atoms with Gasteiger partial charge in [-0.2, -0.15) is 0 Å². The molecule has 1 aliphatic rings. The number of carbonyl (C=O) groups excluding carboxylic acids is 3. The van der Waals surface area contributed by atoms with Gasteiger partial charge in [-0.3, -0.25) is 24.0 Å². The van der Waals surface area contributed by atoms with Crippen LogP contribution in [-0.4, -0.2) is 86.6 Å². The maximum Gasteiger partial charge on any atom is 0.326 e. The van der Waals surface area contributed by atoms with E-state index in [-0.39, 0.29) is 31.7 Å². The highest BCUT2D eigenvalue weighted by atomic mass is 16.4. The van der Waals surface area contributed by atoms with Gasteiger partial charge in [0, 0.05) is 13.0 Å². The first-order valence-corrected chi connectivity index (χ1v) is 10.7. The summed E-state index contributed by atoms with van der Waals surface area (Å²) in [5.74, 6) is -6.49. The summed E-state index contributed by atoms with van der Waals surface area (Å²) in [4.78, 5) is 72.7. The second-order valence-electron chi connectivity index (χ2n) is 8.10. The predicted molar refractivity (Wildman–Crippen MR) is 113 cm³/mol. The molecule has 0 radical (unpaired) electrons. The summed E-state index contributed by atoms with van der Waals surface area (Å²) >= 11 is 0. The second kappa shape index (κ2) is 12.7. The zero-order chi connectivity index (χ0) is 25.3. The van der Waals surface area contributed by atoms with E-state index in [1.165, 1.54) is 0 Å². The largest absolute Gasteiger partial charge is 0.481 e. The average Bonchev–Trinajstić information content (AvgIpc) is 3.23. The van der Waals surface area contributed by atoms with Gasteiger partial charge in [0.2, 0.25) is 17.7 Å². The molecule has 0 spiro atoms. The zero-order valence-corrected chi connectivity index (χ0v) is 18.7. The third kappa shape index (κ3) is 8.33. The lowest BCUT2D eigenvalue weighted by atomic mass is 9.98. The highest BCUT2D eigenvalue weighted by Crippen LogP contribution is 2.20. The molecule has 1 fully saturated rings. The van der Waals surface area contributed by atoms with Gasteiger partial charge in [0.15, 0.2) is 0 Å². The molecule has 5 atom stereocenters. The number of rotatable bonds is 13. The SMILES string of the molecule is CCC(C)C(NC(=O)C1CCCN1C(=O)C(CC(=O)O)NC(=O)C(N)CCC(=O)O)C(=O)O. The maximum atomic E-state index is 13.0. The summed E-state index contributed by atoms with van der Waals surface area (Å²) in [6.07, 6.45) is -0.199. The molecule has 7 N–H and O–H groups in total. The fraction of sp³-hybridized carbons (Fsp3) is 0.700. The predicted octanol–water partition coefficient (Wildman–Crippen LogP) is -1.26. The molecule has 5 unspecified atom stereocenters. The Labute approximate surface area is 190 Å². The van der Waals surface area contributed by atoms with E-state index in [9.17, 15) is 39.0 Å². The fourth-order valence-corrected chi connectivity index (χ4v) is 3.50. The van der Waals surface area contributed by atoms with Crippen molar-refractivity contribution in [2.45, 2.75) is 76.5 Å². The Morgan fingerprint density at radius 2 is 1.70 bits per heavy atom. The van der Waals surface area contributed by atoms with Crippen LogP contribution >= 0.6 is 0 Å². The molecule has 186 valence electrons. The molecular weight excluding hydrogens is 440 g/mol. The summed E-state index contributed by atoms with van der Waals surface area (Å²) in [5, 5.41) is 32.0. The van der Waals surface area contributed by atoms with Gasteiger partial charge in [0.25, 0.3) is 0 Å². The van der Waals surface area contributed by atoms with Crippen LogP contribution in [0.1, 0.15) is 52.4 Å². The van der Waals surface area contributed by atoms with Gasteiger partial charge in [0.05, 0.1) is 12.5 Å². The Morgan fingerprint density at radius 3 is 2.21 bits per heavy atom. The minimum absolute atomic E-state index is 0.120. The quantitative estimate of drug-likeness (QED) is 0.187. The molecule has 0 saturated carbocycles. The number of carbonyl (C=O) groups is 6. The lowest BCUT2D eigenvalue weighted by Gasteiger charge is -2.30. The van der Waals surface area contributed by atoms with Crippen LogP contribution in [0.15, 0.2) is 0 Å². The number of carboxylic acids is 3. The standard InChI is InChI=1S/C20H32N4O9/c1-3-10(2)16(20(32)33)23-18(30)13-5-4-8-24(13)19(31)12(9-15(27)28)22-17(29)11(21)6-7-14(25)26/h10-13,16H,3-9,21H2,1-2H3,(H,22,29)(H,23,30)(H,25,26)(H,27,28)(H,32,33). The molecular formula is C20H32N4O9. The molecule has 0 aliphatic carbocycles. The minimum atomic E-state index is -1.52. The molecule has 0 aromatic heterocycles. The van der Waals surface area contributed by atoms with E-state index >= 15 is 0 Å². The van der Waals surface area contributed by atoms with Crippen LogP contribution in [0.4, 0.5) is 0 Å². The van der Waals surface area contributed by atoms with Gasteiger partial charge in [-0.15, -0.1) is 0 Å². The van der Waals surface area contributed by atoms with E-state index in [2.05, 4.69) is 10.6 Å². The van der Waals surface area contributed by atoms with Crippen molar-refractivity contribution < 1.29 is 44.1 Å². The van der Waals surface area contributed by atoms with Crippen molar-refractivity contribution in [3.8, 4) is 0 Å². The Bertz CT molecular complexity index is 773. The third-order valence-electron chi connectivity index (χ3n) is 5.61. The minimum Gasteiger partial charge on any atom is -0.481 e. The average molecular weight is 472 g/mol. The molecule has 1 heterocycles. The maximum absolute atomic E-state index is 13.0. The monoisotopic (exact) mass is 472 g/mol. The number of hydrogen-bond acceptors (Lipinski definition) is 7. The van der Waals surface area contributed by atoms with Crippen molar-refractivity contribution in [3.05, 3.63) is 0 Å². The van der Waals surface area contributed by atoms with Crippen molar-refractivity contribution in [1.29, 1.82) is 0 Å². The molecule has 1 aliphatic heterocycles. The lowest BCUT2D eigenvalue weighted by Crippen LogP contribution is -2.57. The first-order valence-electron chi connectivity index (χ1n) is 10.7. The molecule has 13 nitrogen and oxygen atoms in total. The third-order valence-corrected chi connectivity index (χ3v) is 5.61. The van der Waals surface area contributed by atoms with Crippen LogP contribution < -0.4 is 16.4 Å². The molecule has 1 rings (SSSR count). The Kier molecular flexibility index (Phi) is 10.7. The number of aliphatic carboxylic acids is 3. The summed E-state index contributed by atoms with van der Waals surface area (Å²) in [6.45, 7) is 3.57. The van der Waals surface area contributed by atoms with E-state index in [0.29, 0.717) is 12.8 Å². The molecule has 1 saturated heterocycles. The summed E-state index contributed by atoms with van der Waals surface area (Å²) in [5.41, 5.74) is 5.63. The highest BCUT2D eigenvalue weighted by Gasteiger charge is 2.40. The van der Waals surface area contributed by atoms with E-state index in [4.69, 9.17) is 10.8 Å². The molecule has 13 heteroatoms. The molecule has 0 aromatic rings. The topological polar surface area (TPSA) is 216 Å². The summed E-state index contributed by atoms with van der Waals surface area (Å²) < 4.78 is 0. The van der Waals surface area contributed by atoms with Crippen LogP contribution in [-0.2, 0) is 28.8 Å². The first-order chi connectivity index (χ1) is 15.4. The Balaban J connectivity index is 2.96. The van der Waals surface area contributed by atoms with E-state index in [1.807, 2.05) is 0 Å². The van der Waals surface area contributed by atoms with Crippen molar-refractivity contribution >= 4 is 35.6 Å². The highest BCUT2D eigenvalue weighted by molar-refractivity contribution is 5.96. The van der Waals surface area contributed by atoms with Crippen LogP contribution in [0.2, 0.25) is 0 Å². The van der Waals surface area contributed by atoms with Crippen LogP contribution in [0, 0.1) is 5.92 Å². The van der Waals surface area contributed by atoms with Crippen molar-refractivity contribution in [2.24, 2.45) is 11.7 Å². The number of likely N-dealkylation sites (tertiary alicyclic amines) is 1. The van der Waals surface area contributed by atoms with Gasteiger partial charge < -0.3 is 36.6 Å². The van der Waals surface area contributed by atoms with Gasteiger partial charge in [0.1, 0.15) is 18.1 Å². The number of amides is 3. The Hall–Kier alpha value is -3.22. The van der Waals surface area contributed by atoms with Gasteiger partial charge in [-0.25, -0.2) is 4.79 Å². The number of nitrogens with one attached hydrogen (secondary N) is 2. The van der Waals surface area contributed by atoms with E-state index < -0.39 is 66.2 Å². The fourth-order valence-electron chi connectivity index (χ4n) is 3.50. The second-order valence-corrected chi connectivity index (χ2v) is 8.10. The van der Waals surface area contributed by atoms with Crippen LogP contribution in [0.3, 0.4) is 0 Å².